The van der Waals surface area contributed by atoms with Gasteiger partial charge in [0.2, 0.25) is 0 Å². The number of hydrogen-bond acceptors (Lipinski definition) is 3. The molecule has 0 fully saturated rings. The van der Waals surface area contributed by atoms with Crippen LogP contribution in [0.1, 0.15) is 64.8 Å². The molecule has 5 nitrogen and oxygen atoms in total. The standard InChI is InChI=1S/C27H29ClN2O3S/c1-3-24(21-13-12-19-9-5-6-10-20(19)16-21)29-27(31)22-14-15-23(28)26(17-22)34(32,33)30-25-11-7-4-8-18(25)2/h4,7-8,11-17,24,30H,3,5-6,9-10H2,1-2H3,(H,29,31)/t24-/m1/s1. The molecule has 3 aromatic rings. The second-order valence-corrected chi connectivity index (χ2v) is 10.8. The molecule has 0 spiro atoms. The molecular weight excluding hydrogens is 468 g/mol. The van der Waals surface area contributed by atoms with Crippen LogP contribution in [0.3, 0.4) is 0 Å². The van der Waals surface area contributed by atoms with E-state index in [-0.39, 0.29) is 27.4 Å². The number of rotatable bonds is 7. The van der Waals surface area contributed by atoms with Crippen LogP contribution in [0.25, 0.3) is 0 Å². The van der Waals surface area contributed by atoms with E-state index < -0.39 is 10.0 Å². The Kier molecular flexibility index (Phi) is 7.29. The van der Waals surface area contributed by atoms with Crippen molar-refractivity contribution in [2.24, 2.45) is 0 Å². The van der Waals surface area contributed by atoms with Crippen molar-refractivity contribution < 1.29 is 13.2 Å². The number of carbonyl (C=O) groups is 1. The number of aryl methyl sites for hydroxylation is 3. The zero-order valence-corrected chi connectivity index (χ0v) is 21.0. The summed E-state index contributed by atoms with van der Waals surface area (Å²) in [5.74, 6) is -0.339. The second kappa shape index (κ2) is 10.2. The summed E-state index contributed by atoms with van der Waals surface area (Å²) in [4.78, 5) is 13.0. The average Bonchev–Trinajstić information content (AvgIpc) is 2.83. The maximum absolute atomic E-state index is 13.1. The highest BCUT2D eigenvalue weighted by Gasteiger charge is 2.22. The predicted molar refractivity (Wildman–Crippen MR) is 137 cm³/mol. The molecular formula is C27H29ClN2O3S. The smallest absolute Gasteiger partial charge is 0.263 e. The molecule has 0 saturated heterocycles. The zero-order chi connectivity index (χ0) is 24.3. The summed E-state index contributed by atoms with van der Waals surface area (Å²) in [6.07, 6.45) is 5.31. The fraction of sp³-hybridized carbons (Fsp3) is 0.296. The third kappa shape index (κ3) is 5.29. The molecule has 7 heteroatoms. The molecule has 2 N–H and O–H groups in total. The number of para-hydroxylation sites is 1. The van der Waals surface area contributed by atoms with Gasteiger partial charge in [0, 0.05) is 5.56 Å². The Bertz CT molecular complexity index is 1320. The van der Waals surface area contributed by atoms with E-state index >= 15 is 0 Å². The largest absolute Gasteiger partial charge is 0.345 e. The van der Waals surface area contributed by atoms with Crippen LogP contribution in [-0.4, -0.2) is 14.3 Å². The Morgan fingerprint density at radius 1 is 1.00 bits per heavy atom. The minimum atomic E-state index is -3.98. The molecule has 1 atom stereocenters. The van der Waals surface area contributed by atoms with Crippen LogP contribution in [0.4, 0.5) is 5.69 Å². The van der Waals surface area contributed by atoms with Crippen LogP contribution in [0, 0.1) is 6.92 Å². The highest BCUT2D eigenvalue weighted by molar-refractivity contribution is 7.92. The molecule has 0 bridgehead atoms. The Morgan fingerprint density at radius 2 is 1.74 bits per heavy atom. The molecule has 0 heterocycles. The number of benzene rings is 3. The average molecular weight is 497 g/mol. The summed E-state index contributed by atoms with van der Waals surface area (Å²) in [5.41, 5.74) is 5.31. The van der Waals surface area contributed by atoms with E-state index in [9.17, 15) is 13.2 Å². The topological polar surface area (TPSA) is 75.3 Å². The summed E-state index contributed by atoms with van der Waals surface area (Å²) >= 11 is 6.24. The maximum atomic E-state index is 13.1. The summed E-state index contributed by atoms with van der Waals surface area (Å²) in [5, 5.41) is 3.12. The molecule has 34 heavy (non-hydrogen) atoms. The minimum Gasteiger partial charge on any atom is -0.345 e. The van der Waals surface area contributed by atoms with E-state index in [0.29, 0.717) is 5.69 Å². The number of sulfonamides is 1. The molecule has 3 aromatic carbocycles. The van der Waals surface area contributed by atoms with Crippen LogP contribution in [-0.2, 0) is 22.9 Å². The van der Waals surface area contributed by atoms with E-state index in [1.54, 1.807) is 18.2 Å². The van der Waals surface area contributed by atoms with Gasteiger partial charge in [0.15, 0.2) is 0 Å². The fourth-order valence-electron chi connectivity index (χ4n) is 4.37. The molecule has 1 aliphatic carbocycles. The monoisotopic (exact) mass is 496 g/mol. The molecule has 1 amide bonds. The van der Waals surface area contributed by atoms with Gasteiger partial charge < -0.3 is 5.32 Å². The van der Waals surface area contributed by atoms with Gasteiger partial charge in [-0.3, -0.25) is 9.52 Å². The molecule has 0 radical (unpaired) electrons. The van der Waals surface area contributed by atoms with Crippen molar-refractivity contribution in [3.05, 3.63) is 93.5 Å². The van der Waals surface area contributed by atoms with Crippen LogP contribution in [0.5, 0.6) is 0 Å². The fourth-order valence-corrected chi connectivity index (χ4v) is 6.03. The van der Waals surface area contributed by atoms with Gasteiger partial charge in [-0.2, -0.15) is 0 Å². The number of amides is 1. The van der Waals surface area contributed by atoms with Crippen molar-refractivity contribution in [1.82, 2.24) is 5.32 Å². The first-order valence-corrected chi connectivity index (χ1v) is 13.4. The maximum Gasteiger partial charge on any atom is 0.263 e. The van der Waals surface area contributed by atoms with Gasteiger partial charge in [-0.05, 0) is 85.5 Å². The Balaban J connectivity index is 1.57. The van der Waals surface area contributed by atoms with Gasteiger partial charge in [0.25, 0.3) is 15.9 Å². The van der Waals surface area contributed by atoms with Gasteiger partial charge in [-0.25, -0.2) is 8.42 Å². The van der Waals surface area contributed by atoms with Gasteiger partial charge >= 0.3 is 0 Å². The molecule has 4 rings (SSSR count). The highest BCUT2D eigenvalue weighted by Crippen LogP contribution is 2.28. The summed E-state index contributed by atoms with van der Waals surface area (Å²) in [6.45, 7) is 3.84. The summed E-state index contributed by atoms with van der Waals surface area (Å²) in [6, 6.07) is 17.7. The molecule has 0 unspecified atom stereocenters. The van der Waals surface area contributed by atoms with Crippen molar-refractivity contribution in [1.29, 1.82) is 0 Å². The number of hydrogen-bond donors (Lipinski definition) is 2. The van der Waals surface area contributed by atoms with Gasteiger partial charge in [0.05, 0.1) is 16.8 Å². The van der Waals surface area contributed by atoms with Crippen molar-refractivity contribution in [3.8, 4) is 0 Å². The van der Waals surface area contributed by atoms with Crippen LogP contribution in [0.15, 0.2) is 65.6 Å². The van der Waals surface area contributed by atoms with Crippen LogP contribution in [0.2, 0.25) is 5.02 Å². The van der Waals surface area contributed by atoms with E-state index in [2.05, 4.69) is 28.2 Å². The van der Waals surface area contributed by atoms with E-state index in [0.717, 1.165) is 30.4 Å². The molecule has 0 saturated carbocycles. The first kappa shape index (κ1) is 24.3. The van der Waals surface area contributed by atoms with Crippen molar-refractivity contribution >= 4 is 33.2 Å². The first-order chi connectivity index (χ1) is 16.3. The van der Waals surface area contributed by atoms with E-state index in [1.165, 1.54) is 36.1 Å². The number of anilines is 1. The van der Waals surface area contributed by atoms with E-state index in [1.807, 2.05) is 26.0 Å². The lowest BCUT2D eigenvalue weighted by Gasteiger charge is -2.22. The van der Waals surface area contributed by atoms with Crippen molar-refractivity contribution in [3.63, 3.8) is 0 Å². The van der Waals surface area contributed by atoms with Gasteiger partial charge in [0.1, 0.15) is 4.90 Å². The summed E-state index contributed by atoms with van der Waals surface area (Å²) in [7, 11) is -3.98. The number of halogens is 1. The first-order valence-electron chi connectivity index (χ1n) is 11.6. The van der Waals surface area contributed by atoms with Gasteiger partial charge in [-0.1, -0.05) is 54.9 Å². The summed E-state index contributed by atoms with van der Waals surface area (Å²) < 4.78 is 28.7. The third-order valence-corrected chi connectivity index (χ3v) is 8.21. The lowest BCUT2D eigenvalue weighted by molar-refractivity contribution is 0.0935. The molecule has 0 aromatic heterocycles. The SMILES string of the molecule is CC[C@@H](NC(=O)c1ccc(Cl)c(S(=O)(=O)Nc2ccccc2C)c1)c1ccc2c(c1)CCCC2. The quantitative estimate of drug-likeness (QED) is 0.408. The highest BCUT2D eigenvalue weighted by atomic mass is 35.5. The predicted octanol–water partition coefficient (Wildman–Crippen LogP) is 6.21. The van der Waals surface area contributed by atoms with Gasteiger partial charge in [-0.15, -0.1) is 0 Å². The zero-order valence-electron chi connectivity index (χ0n) is 19.4. The number of carbonyl (C=O) groups excluding carboxylic acids is 1. The molecule has 1 aliphatic rings. The second-order valence-electron chi connectivity index (χ2n) is 8.74. The number of fused-ring (bicyclic) bond motifs is 1. The lowest BCUT2D eigenvalue weighted by Crippen LogP contribution is -2.28. The Morgan fingerprint density at radius 3 is 2.47 bits per heavy atom. The van der Waals surface area contributed by atoms with Crippen molar-refractivity contribution in [2.75, 3.05) is 4.72 Å². The normalized spacial score (nSPS) is 14.2. The van der Waals surface area contributed by atoms with Crippen LogP contribution < -0.4 is 10.0 Å². The minimum absolute atomic E-state index is 0.0550. The van der Waals surface area contributed by atoms with Crippen molar-refractivity contribution in [2.45, 2.75) is 56.9 Å². The number of nitrogens with one attached hydrogen (secondary N) is 2. The van der Waals surface area contributed by atoms with E-state index in [4.69, 9.17) is 11.6 Å². The lowest BCUT2D eigenvalue weighted by atomic mass is 9.88. The Hall–Kier alpha value is -2.83. The Labute approximate surface area is 206 Å². The molecule has 0 aliphatic heterocycles. The molecule has 178 valence electrons. The van der Waals surface area contributed by atoms with Crippen LogP contribution >= 0.6 is 11.6 Å². The third-order valence-electron chi connectivity index (χ3n) is 6.36.